The van der Waals surface area contributed by atoms with Crippen molar-refractivity contribution in [2.24, 2.45) is 5.73 Å². The largest absolute Gasteiger partial charge is 0.484 e. The zero-order valence-electron chi connectivity index (χ0n) is 11.4. The highest BCUT2D eigenvalue weighted by Gasteiger charge is 2.13. The van der Waals surface area contributed by atoms with Crippen LogP contribution in [0.4, 0.5) is 0 Å². The number of hydrogen-bond acceptors (Lipinski definition) is 3. The molecule has 3 aromatic rings. The molecule has 4 heteroatoms. The van der Waals surface area contributed by atoms with Gasteiger partial charge >= 0.3 is 0 Å². The van der Waals surface area contributed by atoms with Crippen molar-refractivity contribution in [1.29, 1.82) is 0 Å². The molecule has 0 saturated carbocycles. The Kier molecular flexibility index (Phi) is 4.18. The van der Waals surface area contributed by atoms with Gasteiger partial charge in [-0.3, -0.25) is 4.98 Å². The molecule has 0 fully saturated rings. The highest BCUT2D eigenvalue weighted by atomic mass is 79.9. The van der Waals surface area contributed by atoms with E-state index in [0.717, 1.165) is 26.7 Å². The normalized spacial score (nSPS) is 12.3. The zero-order chi connectivity index (χ0) is 14.7. The Bertz CT molecular complexity index is 755. The van der Waals surface area contributed by atoms with E-state index in [1.807, 2.05) is 54.6 Å². The molecular weight excluding hydrogens is 328 g/mol. The maximum atomic E-state index is 6.13. The van der Waals surface area contributed by atoms with Crippen LogP contribution in [0.15, 0.2) is 65.3 Å². The van der Waals surface area contributed by atoms with Crippen LogP contribution in [0.2, 0.25) is 0 Å². The van der Waals surface area contributed by atoms with Gasteiger partial charge in [-0.15, -0.1) is 0 Å². The first-order chi connectivity index (χ1) is 10.3. The number of pyridine rings is 1. The minimum atomic E-state index is -0.187. The number of hydrogen-bond donors (Lipinski definition) is 1. The topological polar surface area (TPSA) is 48.1 Å². The van der Waals surface area contributed by atoms with E-state index < -0.39 is 0 Å². The Morgan fingerprint density at radius 1 is 1.10 bits per heavy atom. The highest BCUT2D eigenvalue weighted by Crippen LogP contribution is 2.29. The molecule has 106 valence electrons. The molecule has 21 heavy (non-hydrogen) atoms. The molecule has 1 aromatic heterocycles. The van der Waals surface area contributed by atoms with E-state index in [9.17, 15) is 0 Å². The maximum Gasteiger partial charge on any atom is 0.136 e. The second-order valence-corrected chi connectivity index (χ2v) is 5.64. The fourth-order valence-electron chi connectivity index (χ4n) is 2.29. The zero-order valence-corrected chi connectivity index (χ0v) is 13.0. The molecule has 0 radical (unpaired) electrons. The molecule has 2 aromatic carbocycles. The molecule has 0 bridgehead atoms. The van der Waals surface area contributed by atoms with Crippen molar-refractivity contribution in [2.45, 2.75) is 6.10 Å². The summed E-state index contributed by atoms with van der Waals surface area (Å²) in [6.45, 7) is 0.410. The molecular formula is C17H15BrN2O. The Balaban J connectivity index is 1.96. The van der Waals surface area contributed by atoms with E-state index in [-0.39, 0.29) is 6.10 Å². The first-order valence-electron chi connectivity index (χ1n) is 6.74. The number of ether oxygens (including phenoxy) is 1. The van der Waals surface area contributed by atoms with Gasteiger partial charge in [-0.2, -0.15) is 0 Å². The number of aromatic nitrogens is 1. The van der Waals surface area contributed by atoms with Crippen molar-refractivity contribution >= 4 is 26.8 Å². The summed E-state index contributed by atoms with van der Waals surface area (Å²) in [6, 6.07) is 17.8. The summed E-state index contributed by atoms with van der Waals surface area (Å²) < 4.78 is 7.15. The quantitative estimate of drug-likeness (QED) is 0.777. The Morgan fingerprint density at radius 3 is 2.76 bits per heavy atom. The molecule has 0 aliphatic rings. The third-order valence-electron chi connectivity index (χ3n) is 3.31. The smallest absolute Gasteiger partial charge is 0.136 e. The Morgan fingerprint density at radius 2 is 1.95 bits per heavy atom. The third-order valence-corrected chi connectivity index (χ3v) is 3.80. The van der Waals surface area contributed by atoms with Crippen molar-refractivity contribution in [1.82, 2.24) is 4.98 Å². The average Bonchev–Trinajstić information content (AvgIpc) is 2.52. The minimum absolute atomic E-state index is 0.187. The van der Waals surface area contributed by atoms with Crippen LogP contribution >= 0.6 is 15.9 Å². The third kappa shape index (κ3) is 3.06. The van der Waals surface area contributed by atoms with Gasteiger partial charge < -0.3 is 10.5 Å². The molecule has 0 amide bonds. The summed E-state index contributed by atoms with van der Waals surface area (Å²) in [5, 5.41) is 0.994. The average molecular weight is 343 g/mol. The first kappa shape index (κ1) is 14.0. The molecule has 1 atom stereocenters. The van der Waals surface area contributed by atoms with E-state index in [1.54, 1.807) is 6.20 Å². The summed E-state index contributed by atoms with van der Waals surface area (Å²) in [4.78, 5) is 4.34. The van der Waals surface area contributed by atoms with Gasteiger partial charge in [-0.25, -0.2) is 0 Å². The van der Waals surface area contributed by atoms with Crippen LogP contribution in [0.25, 0.3) is 10.9 Å². The predicted molar refractivity (Wildman–Crippen MR) is 88.3 cm³/mol. The summed E-state index contributed by atoms with van der Waals surface area (Å²) in [5.74, 6) is 0.802. The molecule has 0 spiro atoms. The lowest BCUT2D eigenvalue weighted by molar-refractivity contribution is 0.217. The second kappa shape index (κ2) is 6.24. The van der Waals surface area contributed by atoms with E-state index in [4.69, 9.17) is 10.5 Å². The maximum absolute atomic E-state index is 6.13. The van der Waals surface area contributed by atoms with Crippen molar-refractivity contribution in [2.75, 3.05) is 6.54 Å². The van der Waals surface area contributed by atoms with Gasteiger partial charge in [-0.05, 0) is 42.0 Å². The lowest BCUT2D eigenvalue weighted by Crippen LogP contribution is -2.18. The SMILES string of the molecule is NCC(Oc1cccc2ncccc12)c1cccc(Br)c1. The molecule has 1 unspecified atom stereocenters. The van der Waals surface area contributed by atoms with Crippen LogP contribution in [0, 0.1) is 0 Å². The van der Waals surface area contributed by atoms with Gasteiger partial charge in [0.2, 0.25) is 0 Å². The number of nitrogens with two attached hydrogens (primary N) is 1. The van der Waals surface area contributed by atoms with E-state index >= 15 is 0 Å². The van der Waals surface area contributed by atoms with Crippen LogP contribution in [0.3, 0.4) is 0 Å². The van der Waals surface area contributed by atoms with Crippen molar-refractivity contribution < 1.29 is 4.74 Å². The Hall–Kier alpha value is -1.91. The van der Waals surface area contributed by atoms with Crippen molar-refractivity contribution in [3.05, 3.63) is 70.8 Å². The van der Waals surface area contributed by atoms with Gasteiger partial charge in [0.1, 0.15) is 11.9 Å². The van der Waals surface area contributed by atoms with Crippen LogP contribution in [-0.4, -0.2) is 11.5 Å². The van der Waals surface area contributed by atoms with Crippen molar-refractivity contribution in [3.8, 4) is 5.75 Å². The van der Waals surface area contributed by atoms with Crippen molar-refractivity contribution in [3.63, 3.8) is 0 Å². The van der Waals surface area contributed by atoms with Gasteiger partial charge in [0.05, 0.1) is 5.52 Å². The lowest BCUT2D eigenvalue weighted by atomic mass is 10.1. The lowest BCUT2D eigenvalue weighted by Gasteiger charge is -2.19. The summed E-state index contributed by atoms with van der Waals surface area (Å²) >= 11 is 3.48. The highest BCUT2D eigenvalue weighted by molar-refractivity contribution is 9.10. The Labute approximate surface area is 131 Å². The van der Waals surface area contributed by atoms with Crippen LogP contribution in [0.5, 0.6) is 5.75 Å². The fourth-order valence-corrected chi connectivity index (χ4v) is 2.71. The van der Waals surface area contributed by atoms with Gasteiger partial charge in [0.25, 0.3) is 0 Å². The van der Waals surface area contributed by atoms with E-state index in [2.05, 4.69) is 20.9 Å². The summed E-state index contributed by atoms with van der Waals surface area (Å²) in [5.41, 5.74) is 7.86. The van der Waals surface area contributed by atoms with Crippen LogP contribution in [0.1, 0.15) is 11.7 Å². The number of rotatable bonds is 4. The molecule has 1 heterocycles. The monoisotopic (exact) mass is 342 g/mol. The predicted octanol–water partition coefficient (Wildman–Crippen LogP) is 4.08. The molecule has 0 saturated heterocycles. The first-order valence-corrected chi connectivity index (χ1v) is 7.53. The number of halogens is 1. The summed E-state index contributed by atoms with van der Waals surface area (Å²) in [6.07, 6.45) is 1.59. The number of nitrogens with zero attached hydrogens (tertiary/aromatic N) is 1. The molecule has 3 rings (SSSR count). The van der Waals surface area contributed by atoms with Gasteiger partial charge in [0.15, 0.2) is 0 Å². The van der Waals surface area contributed by atoms with E-state index in [1.165, 1.54) is 0 Å². The number of benzene rings is 2. The fraction of sp³-hybridized carbons (Fsp3) is 0.118. The summed E-state index contributed by atoms with van der Waals surface area (Å²) in [7, 11) is 0. The van der Waals surface area contributed by atoms with Gasteiger partial charge in [0, 0.05) is 22.6 Å². The molecule has 0 aliphatic carbocycles. The van der Waals surface area contributed by atoms with Crippen LogP contribution < -0.4 is 10.5 Å². The standard InChI is InChI=1S/C17H15BrN2O/c18-13-5-1-4-12(10-13)17(11-19)21-16-8-2-7-15-14(16)6-3-9-20-15/h1-10,17H,11,19H2. The molecule has 3 nitrogen and oxygen atoms in total. The van der Waals surface area contributed by atoms with E-state index in [0.29, 0.717) is 6.54 Å². The van der Waals surface area contributed by atoms with Gasteiger partial charge in [-0.1, -0.05) is 34.1 Å². The minimum Gasteiger partial charge on any atom is -0.484 e. The molecule has 0 aliphatic heterocycles. The number of fused-ring (bicyclic) bond motifs is 1. The second-order valence-electron chi connectivity index (χ2n) is 4.72. The van der Waals surface area contributed by atoms with Crippen LogP contribution in [-0.2, 0) is 0 Å². The molecule has 2 N–H and O–H groups in total.